The molecule has 3 nitrogen and oxygen atoms in total. The van der Waals surface area contributed by atoms with Gasteiger partial charge in [0.25, 0.3) is 0 Å². The van der Waals surface area contributed by atoms with E-state index in [9.17, 15) is 5.11 Å². The van der Waals surface area contributed by atoms with Crippen LogP contribution < -0.4 is 0 Å². The summed E-state index contributed by atoms with van der Waals surface area (Å²) in [5, 5.41) is 9.21. The molecule has 0 radical (unpaired) electrons. The molecule has 0 aromatic rings. The van der Waals surface area contributed by atoms with E-state index in [1.807, 2.05) is 6.92 Å². The Morgan fingerprint density at radius 2 is 2.20 bits per heavy atom. The van der Waals surface area contributed by atoms with Crippen LogP contribution in [0.4, 0.5) is 0 Å². The zero-order valence-electron chi connectivity index (χ0n) is 6.41. The highest BCUT2D eigenvalue weighted by molar-refractivity contribution is 4.70. The molecule has 0 aliphatic carbocycles. The average molecular weight is 146 g/mol. The first-order valence-electron chi connectivity index (χ1n) is 3.60. The number of methoxy groups -OCH3 is 1. The Hall–Kier alpha value is -0.120. The maximum absolute atomic E-state index is 9.21. The normalized spacial score (nSPS) is 41.7. The lowest BCUT2D eigenvalue weighted by Gasteiger charge is -2.30. The molecule has 0 bridgehead atoms. The molecule has 0 aromatic carbocycles. The highest BCUT2D eigenvalue weighted by Crippen LogP contribution is 2.19. The van der Waals surface area contributed by atoms with Crippen molar-refractivity contribution in [1.29, 1.82) is 0 Å². The van der Waals surface area contributed by atoms with Crippen molar-refractivity contribution in [3.63, 3.8) is 0 Å². The van der Waals surface area contributed by atoms with Crippen molar-refractivity contribution in [3.05, 3.63) is 0 Å². The van der Waals surface area contributed by atoms with E-state index in [2.05, 4.69) is 0 Å². The average Bonchev–Trinajstić information content (AvgIpc) is 1.95. The van der Waals surface area contributed by atoms with Gasteiger partial charge in [0.05, 0.1) is 12.2 Å². The van der Waals surface area contributed by atoms with Crippen LogP contribution in [0.2, 0.25) is 0 Å². The summed E-state index contributed by atoms with van der Waals surface area (Å²) in [6.45, 7) is 1.86. The van der Waals surface area contributed by atoms with Crippen LogP contribution in [0, 0.1) is 0 Å². The van der Waals surface area contributed by atoms with Crippen LogP contribution in [-0.2, 0) is 9.47 Å². The van der Waals surface area contributed by atoms with Crippen LogP contribution >= 0.6 is 0 Å². The summed E-state index contributed by atoms with van der Waals surface area (Å²) in [5.41, 5.74) is 0. The quantitative estimate of drug-likeness (QED) is 0.586. The summed E-state index contributed by atoms with van der Waals surface area (Å²) >= 11 is 0. The van der Waals surface area contributed by atoms with Gasteiger partial charge in [0, 0.05) is 13.5 Å². The van der Waals surface area contributed by atoms with Gasteiger partial charge in [-0.3, -0.25) is 0 Å². The highest BCUT2D eigenvalue weighted by Gasteiger charge is 2.25. The number of aliphatic hydroxyl groups excluding tert-OH is 1. The fraction of sp³-hybridized carbons (Fsp3) is 1.00. The first-order chi connectivity index (χ1) is 4.74. The molecule has 10 heavy (non-hydrogen) atoms. The molecule has 3 atom stereocenters. The minimum atomic E-state index is -0.314. The van der Waals surface area contributed by atoms with Crippen molar-refractivity contribution in [3.8, 4) is 0 Å². The Morgan fingerprint density at radius 1 is 1.50 bits per heavy atom. The van der Waals surface area contributed by atoms with E-state index >= 15 is 0 Å². The van der Waals surface area contributed by atoms with Gasteiger partial charge >= 0.3 is 0 Å². The molecule has 1 unspecified atom stereocenters. The molecule has 1 fully saturated rings. The van der Waals surface area contributed by atoms with Crippen LogP contribution in [0.25, 0.3) is 0 Å². The lowest BCUT2D eigenvalue weighted by atomic mass is 10.1. The van der Waals surface area contributed by atoms with E-state index in [4.69, 9.17) is 9.47 Å². The van der Waals surface area contributed by atoms with E-state index in [0.29, 0.717) is 0 Å². The number of ether oxygens (including phenoxy) is 2. The molecule has 0 aromatic heterocycles. The Balaban J connectivity index is 2.33. The molecule has 0 saturated carbocycles. The minimum absolute atomic E-state index is 0.0845. The molecule has 1 saturated heterocycles. The monoisotopic (exact) mass is 146 g/mol. The summed E-state index contributed by atoms with van der Waals surface area (Å²) < 4.78 is 10.3. The van der Waals surface area contributed by atoms with Crippen molar-refractivity contribution in [2.24, 2.45) is 0 Å². The predicted octanol–water partition coefficient (Wildman–Crippen LogP) is 0.519. The van der Waals surface area contributed by atoms with Crippen LogP contribution in [0.15, 0.2) is 0 Å². The largest absolute Gasteiger partial charge is 0.390 e. The second-order valence-corrected chi connectivity index (χ2v) is 2.65. The van der Waals surface area contributed by atoms with Crippen LogP contribution in [-0.4, -0.2) is 30.7 Å². The number of hydrogen-bond acceptors (Lipinski definition) is 3. The molecule has 1 heterocycles. The first kappa shape index (κ1) is 7.98. The van der Waals surface area contributed by atoms with E-state index in [1.165, 1.54) is 0 Å². The Labute approximate surface area is 60.9 Å². The number of hydrogen-bond donors (Lipinski definition) is 1. The van der Waals surface area contributed by atoms with Crippen molar-refractivity contribution in [1.82, 2.24) is 0 Å². The van der Waals surface area contributed by atoms with E-state index in [-0.39, 0.29) is 18.5 Å². The minimum Gasteiger partial charge on any atom is -0.390 e. The molecule has 60 valence electrons. The smallest absolute Gasteiger partial charge is 0.157 e. The topological polar surface area (TPSA) is 38.7 Å². The van der Waals surface area contributed by atoms with E-state index in [1.54, 1.807) is 7.11 Å². The SMILES string of the molecule is COC1CC[C@@H](O)[C@@H](C)O1. The third-order valence-corrected chi connectivity index (χ3v) is 1.87. The molecule has 1 rings (SSSR count). The van der Waals surface area contributed by atoms with Crippen molar-refractivity contribution >= 4 is 0 Å². The van der Waals surface area contributed by atoms with Gasteiger partial charge in [-0.1, -0.05) is 0 Å². The number of aliphatic hydroxyl groups is 1. The molecule has 3 heteroatoms. The van der Waals surface area contributed by atoms with E-state index in [0.717, 1.165) is 12.8 Å². The summed E-state index contributed by atoms with van der Waals surface area (Å²) in [6.07, 6.45) is 1.06. The predicted molar refractivity (Wildman–Crippen MR) is 36.6 cm³/mol. The van der Waals surface area contributed by atoms with Gasteiger partial charge in [-0.2, -0.15) is 0 Å². The Bertz CT molecular complexity index is 105. The maximum Gasteiger partial charge on any atom is 0.157 e. The van der Waals surface area contributed by atoms with E-state index < -0.39 is 0 Å². The lowest BCUT2D eigenvalue weighted by molar-refractivity contribution is -0.206. The van der Waals surface area contributed by atoms with Crippen LogP contribution in [0.5, 0.6) is 0 Å². The molecule has 0 spiro atoms. The second kappa shape index (κ2) is 3.32. The van der Waals surface area contributed by atoms with Gasteiger partial charge in [-0.25, -0.2) is 0 Å². The lowest BCUT2D eigenvalue weighted by Crippen LogP contribution is -2.37. The number of rotatable bonds is 1. The fourth-order valence-corrected chi connectivity index (χ4v) is 1.11. The molecule has 1 aliphatic rings. The zero-order chi connectivity index (χ0) is 7.56. The van der Waals surface area contributed by atoms with Gasteiger partial charge < -0.3 is 14.6 Å². The summed E-state index contributed by atoms with van der Waals surface area (Å²) in [4.78, 5) is 0. The van der Waals surface area contributed by atoms with Crippen LogP contribution in [0.1, 0.15) is 19.8 Å². The van der Waals surface area contributed by atoms with Crippen molar-refractivity contribution in [2.75, 3.05) is 7.11 Å². The Kier molecular flexibility index (Phi) is 2.65. The second-order valence-electron chi connectivity index (χ2n) is 2.65. The molecular weight excluding hydrogens is 132 g/mol. The van der Waals surface area contributed by atoms with Crippen LogP contribution in [0.3, 0.4) is 0 Å². The Morgan fingerprint density at radius 3 is 2.70 bits per heavy atom. The van der Waals surface area contributed by atoms with Crippen molar-refractivity contribution < 1.29 is 14.6 Å². The van der Waals surface area contributed by atoms with Gasteiger partial charge in [-0.15, -0.1) is 0 Å². The van der Waals surface area contributed by atoms with Gasteiger partial charge in [0.15, 0.2) is 6.29 Å². The third-order valence-electron chi connectivity index (χ3n) is 1.87. The highest BCUT2D eigenvalue weighted by atomic mass is 16.7. The standard InChI is InChI=1S/C7H14O3/c1-5-6(8)3-4-7(9-2)10-5/h5-8H,3-4H2,1-2H3/t5-,6-,7?/m1/s1. The molecular formula is C7H14O3. The first-order valence-corrected chi connectivity index (χ1v) is 3.60. The maximum atomic E-state index is 9.21. The zero-order valence-corrected chi connectivity index (χ0v) is 6.41. The summed E-state index contributed by atoms with van der Waals surface area (Å²) in [5.74, 6) is 0. The summed E-state index contributed by atoms with van der Waals surface area (Å²) in [7, 11) is 1.62. The van der Waals surface area contributed by atoms with Gasteiger partial charge in [-0.05, 0) is 13.3 Å². The fourth-order valence-electron chi connectivity index (χ4n) is 1.11. The van der Waals surface area contributed by atoms with Gasteiger partial charge in [0.2, 0.25) is 0 Å². The summed E-state index contributed by atoms with van der Waals surface area (Å²) in [6, 6.07) is 0. The van der Waals surface area contributed by atoms with Gasteiger partial charge in [0.1, 0.15) is 0 Å². The molecule has 1 aliphatic heterocycles. The third kappa shape index (κ3) is 1.68. The van der Waals surface area contributed by atoms with Crippen molar-refractivity contribution in [2.45, 2.75) is 38.3 Å². The molecule has 0 amide bonds. The molecule has 1 N–H and O–H groups in total.